The van der Waals surface area contributed by atoms with Gasteiger partial charge in [-0.1, -0.05) is 18.2 Å². The lowest BCUT2D eigenvalue weighted by molar-refractivity contribution is -0.0389. The summed E-state index contributed by atoms with van der Waals surface area (Å²) in [6.07, 6.45) is 7.47. The molecule has 1 saturated heterocycles. The first-order valence-electron chi connectivity index (χ1n) is 9.90. The number of carbonyl (C=O) groups excluding carboxylic acids is 2. The van der Waals surface area contributed by atoms with Crippen molar-refractivity contribution in [2.24, 2.45) is 5.92 Å². The molecule has 5 heteroatoms. The first kappa shape index (κ1) is 18.2. The number of benzene rings is 1. The molecule has 1 aliphatic carbocycles. The van der Waals surface area contributed by atoms with Gasteiger partial charge in [0.05, 0.1) is 24.0 Å². The molecule has 27 heavy (non-hydrogen) atoms. The number of aldehydes is 1. The molecule has 0 bridgehead atoms. The zero-order valence-electron chi connectivity index (χ0n) is 16.1. The van der Waals surface area contributed by atoms with E-state index in [1.165, 1.54) is 20.0 Å². The second-order valence-corrected chi connectivity index (χ2v) is 7.97. The number of hydrogen-bond acceptors (Lipinski definition) is 4. The Kier molecular flexibility index (Phi) is 4.81. The summed E-state index contributed by atoms with van der Waals surface area (Å²) in [5.41, 5.74) is 1.82. The molecule has 1 atom stereocenters. The van der Waals surface area contributed by atoms with E-state index >= 15 is 0 Å². The lowest BCUT2D eigenvalue weighted by Crippen LogP contribution is -2.35. The molecule has 0 amide bonds. The lowest BCUT2D eigenvalue weighted by atomic mass is 9.75. The van der Waals surface area contributed by atoms with Gasteiger partial charge >= 0.3 is 5.97 Å². The minimum Gasteiger partial charge on any atom is -0.465 e. The molecule has 2 heterocycles. The van der Waals surface area contributed by atoms with Crippen LogP contribution in [0, 0.1) is 5.92 Å². The predicted molar refractivity (Wildman–Crippen MR) is 103 cm³/mol. The van der Waals surface area contributed by atoms with Crippen LogP contribution in [0.4, 0.5) is 0 Å². The van der Waals surface area contributed by atoms with Gasteiger partial charge in [-0.05, 0) is 57.4 Å². The van der Waals surface area contributed by atoms with E-state index in [1.54, 1.807) is 0 Å². The van der Waals surface area contributed by atoms with Crippen molar-refractivity contribution in [3.63, 3.8) is 0 Å². The number of aromatic nitrogens is 1. The van der Waals surface area contributed by atoms with Crippen molar-refractivity contribution >= 4 is 23.2 Å². The molecule has 4 rings (SSSR count). The average Bonchev–Trinajstić information content (AvgIpc) is 3.29. The molecule has 1 spiro atoms. The SMILES string of the molecule is COC(=O)c1c(C=O)n(C(C)C2CCC3(CCCO3)CC2)c2ccccc12. The van der Waals surface area contributed by atoms with E-state index in [1.807, 2.05) is 28.8 Å². The number of hydrogen-bond donors (Lipinski definition) is 0. The summed E-state index contributed by atoms with van der Waals surface area (Å²) in [5.74, 6) is 0.000954. The molecule has 1 aromatic heterocycles. The number of methoxy groups -OCH3 is 1. The van der Waals surface area contributed by atoms with Crippen LogP contribution in [0.3, 0.4) is 0 Å². The smallest absolute Gasteiger partial charge is 0.340 e. The number of rotatable bonds is 4. The van der Waals surface area contributed by atoms with E-state index in [2.05, 4.69) is 6.92 Å². The van der Waals surface area contributed by atoms with Crippen LogP contribution in [0.2, 0.25) is 0 Å². The first-order chi connectivity index (χ1) is 13.1. The van der Waals surface area contributed by atoms with E-state index in [4.69, 9.17) is 9.47 Å². The third-order valence-electron chi connectivity index (χ3n) is 6.67. The highest BCUT2D eigenvalue weighted by atomic mass is 16.5. The van der Waals surface area contributed by atoms with Crippen LogP contribution in [0.5, 0.6) is 0 Å². The van der Waals surface area contributed by atoms with Gasteiger partial charge in [-0.25, -0.2) is 4.79 Å². The normalized spacial score (nSPS) is 26.4. The maximum atomic E-state index is 12.4. The van der Waals surface area contributed by atoms with Crippen molar-refractivity contribution in [2.45, 2.75) is 57.1 Å². The molecule has 144 valence electrons. The summed E-state index contributed by atoms with van der Waals surface area (Å²) in [7, 11) is 1.36. The Morgan fingerprint density at radius 3 is 2.67 bits per heavy atom. The highest BCUT2D eigenvalue weighted by Gasteiger charge is 2.40. The van der Waals surface area contributed by atoms with Gasteiger partial charge in [-0.3, -0.25) is 4.79 Å². The second kappa shape index (κ2) is 7.12. The molecule has 1 saturated carbocycles. The van der Waals surface area contributed by atoms with Crippen molar-refractivity contribution in [2.75, 3.05) is 13.7 Å². The van der Waals surface area contributed by atoms with Crippen LogP contribution in [-0.2, 0) is 9.47 Å². The minimum atomic E-state index is -0.457. The van der Waals surface area contributed by atoms with Crippen LogP contribution in [0.15, 0.2) is 24.3 Å². The van der Waals surface area contributed by atoms with Crippen molar-refractivity contribution in [3.05, 3.63) is 35.5 Å². The Labute approximate surface area is 159 Å². The summed E-state index contributed by atoms with van der Waals surface area (Å²) >= 11 is 0. The molecular weight excluding hydrogens is 342 g/mol. The Morgan fingerprint density at radius 2 is 2.04 bits per heavy atom. The Bertz CT molecular complexity index is 853. The van der Waals surface area contributed by atoms with Gasteiger partial charge in [0.25, 0.3) is 0 Å². The van der Waals surface area contributed by atoms with E-state index in [0.29, 0.717) is 17.2 Å². The van der Waals surface area contributed by atoms with Gasteiger partial charge in [-0.2, -0.15) is 0 Å². The molecule has 1 aromatic carbocycles. The summed E-state index contributed by atoms with van der Waals surface area (Å²) in [6.45, 7) is 3.05. The standard InChI is InChI=1S/C22H27NO4/c1-15(16-8-11-22(12-9-16)10-5-13-27-22)23-18-7-4-3-6-17(18)20(19(23)14-24)21(25)26-2/h3-4,6-7,14-16H,5,8-13H2,1-2H3. The topological polar surface area (TPSA) is 57.5 Å². The third-order valence-corrected chi connectivity index (χ3v) is 6.67. The van der Waals surface area contributed by atoms with Crippen LogP contribution in [0.1, 0.15) is 72.3 Å². The highest BCUT2D eigenvalue weighted by Crippen LogP contribution is 2.45. The number of carbonyl (C=O) groups is 2. The zero-order chi connectivity index (χ0) is 19.0. The van der Waals surface area contributed by atoms with Gasteiger partial charge in [0.15, 0.2) is 6.29 Å². The number of fused-ring (bicyclic) bond motifs is 1. The summed E-state index contributed by atoms with van der Waals surface area (Å²) in [6, 6.07) is 7.84. The van der Waals surface area contributed by atoms with Crippen molar-refractivity contribution in [1.29, 1.82) is 0 Å². The first-order valence-corrected chi connectivity index (χ1v) is 9.90. The van der Waals surface area contributed by atoms with Gasteiger partial charge in [0, 0.05) is 23.6 Å². The average molecular weight is 369 g/mol. The number of esters is 1. The Balaban J connectivity index is 1.71. The lowest BCUT2D eigenvalue weighted by Gasteiger charge is -2.39. The van der Waals surface area contributed by atoms with Crippen LogP contribution < -0.4 is 0 Å². The minimum absolute atomic E-state index is 0.0969. The van der Waals surface area contributed by atoms with Gasteiger partial charge in [-0.15, -0.1) is 0 Å². The van der Waals surface area contributed by atoms with Crippen LogP contribution in [-0.4, -0.2) is 36.1 Å². The largest absolute Gasteiger partial charge is 0.465 e. The molecular formula is C22H27NO4. The molecule has 1 unspecified atom stereocenters. The number of ether oxygens (including phenoxy) is 2. The zero-order valence-corrected chi connectivity index (χ0v) is 16.1. The third kappa shape index (κ3) is 2.98. The van der Waals surface area contributed by atoms with Crippen molar-refractivity contribution < 1.29 is 19.1 Å². The Morgan fingerprint density at radius 1 is 1.30 bits per heavy atom. The molecule has 0 N–H and O–H groups in total. The van der Waals surface area contributed by atoms with Gasteiger partial charge < -0.3 is 14.0 Å². The monoisotopic (exact) mass is 369 g/mol. The predicted octanol–water partition coefficient (Wildman–Crippen LogP) is 4.54. The molecule has 2 aliphatic rings. The number of nitrogens with zero attached hydrogens (tertiary/aromatic N) is 1. The summed E-state index contributed by atoms with van der Waals surface area (Å²) in [4.78, 5) is 24.4. The quantitative estimate of drug-likeness (QED) is 0.586. The summed E-state index contributed by atoms with van der Waals surface area (Å²) < 4.78 is 13.1. The molecule has 2 aromatic rings. The fourth-order valence-electron chi connectivity index (χ4n) is 5.16. The molecule has 2 fully saturated rings. The van der Waals surface area contributed by atoms with Gasteiger partial charge in [0.2, 0.25) is 0 Å². The molecule has 1 aliphatic heterocycles. The van der Waals surface area contributed by atoms with Crippen molar-refractivity contribution in [3.8, 4) is 0 Å². The highest BCUT2D eigenvalue weighted by molar-refractivity contribution is 6.10. The van der Waals surface area contributed by atoms with E-state index < -0.39 is 5.97 Å². The van der Waals surface area contributed by atoms with E-state index in [0.717, 1.165) is 49.5 Å². The maximum absolute atomic E-state index is 12.4. The Hall–Kier alpha value is -2.14. The fraction of sp³-hybridized carbons (Fsp3) is 0.545. The maximum Gasteiger partial charge on any atom is 0.340 e. The summed E-state index contributed by atoms with van der Waals surface area (Å²) in [5, 5.41) is 0.782. The van der Waals surface area contributed by atoms with Gasteiger partial charge in [0.1, 0.15) is 0 Å². The molecule has 5 nitrogen and oxygen atoms in total. The van der Waals surface area contributed by atoms with E-state index in [-0.39, 0.29) is 11.6 Å². The molecule has 0 radical (unpaired) electrons. The van der Waals surface area contributed by atoms with Crippen LogP contribution >= 0.6 is 0 Å². The van der Waals surface area contributed by atoms with Crippen LogP contribution in [0.25, 0.3) is 10.9 Å². The fourth-order valence-corrected chi connectivity index (χ4v) is 5.16. The second-order valence-electron chi connectivity index (χ2n) is 7.97. The number of para-hydroxylation sites is 1. The van der Waals surface area contributed by atoms with Crippen molar-refractivity contribution in [1.82, 2.24) is 4.57 Å². The van der Waals surface area contributed by atoms with E-state index in [9.17, 15) is 9.59 Å².